The molecule has 0 saturated heterocycles. The van der Waals surface area contributed by atoms with Crippen LogP contribution in [0.5, 0.6) is 0 Å². The molecule has 1 heteroatoms. The monoisotopic (exact) mass is 181 g/mol. The van der Waals surface area contributed by atoms with Crippen LogP contribution in [0.3, 0.4) is 0 Å². The van der Waals surface area contributed by atoms with Crippen molar-refractivity contribution in [1.82, 2.24) is 0 Å². The average Bonchev–Trinajstić information content (AvgIpc) is 2.15. The number of nitrogens with two attached hydrogens (primary N) is 1. The molecular weight excluding hydrogens is 158 g/mol. The van der Waals surface area contributed by atoms with Gasteiger partial charge in [0.15, 0.2) is 0 Å². The maximum absolute atomic E-state index is 5.87. The molecule has 0 aromatic rings. The van der Waals surface area contributed by atoms with Gasteiger partial charge < -0.3 is 5.73 Å². The standard InChI is InChI=1S/C12H23N/c1-12-7-3-2-6-11(12)10(9-13)5-4-8-12/h10-11H,2-9,13H2,1H3/t10?,11?,12-/m1/s1. The lowest BCUT2D eigenvalue weighted by Gasteiger charge is -2.49. The van der Waals surface area contributed by atoms with Gasteiger partial charge in [-0.15, -0.1) is 0 Å². The molecule has 1 nitrogen and oxygen atoms in total. The molecule has 0 radical (unpaired) electrons. The molecule has 2 unspecified atom stereocenters. The number of hydrogen-bond acceptors (Lipinski definition) is 1. The zero-order valence-corrected chi connectivity index (χ0v) is 8.89. The van der Waals surface area contributed by atoms with Crippen molar-refractivity contribution in [1.29, 1.82) is 0 Å². The first-order valence-electron chi connectivity index (χ1n) is 5.96. The molecule has 0 aromatic carbocycles. The van der Waals surface area contributed by atoms with Crippen LogP contribution in [-0.4, -0.2) is 6.54 Å². The lowest BCUT2D eigenvalue weighted by molar-refractivity contribution is 0.0196. The number of hydrogen-bond donors (Lipinski definition) is 1. The second-order valence-electron chi connectivity index (χ2n) is 5.39. The Kier molecular flexibility index (Phi) is 2.64. The van der Waals surface area contributed by atoms with E-state index in [1.54, 1.807) is 0 Å². The van der Waals surface area contributed by atoms with Crippen LogP contribution in [0.15, 0.2) is 0 Å². The van der Waals surface area contributed by atoms with Crippen molar-refractivity contribution in [2.45, 2.75) is 51.9 Å². The zero-order valence-electron chi connectivity index (χ0n) is 8.89. The molecular formula is C12H23N. The maximum atomic E-state index is 5.87. The molecule has 76 valence electrons. The molecule has 2 rings (SSSR count). The Morgan fingerprint density at radius 3 is 2.69 bits per heavy atom. The molecule has 0 aliphatic heterocycles. The molecule has 3 atom stereocenters. The van der Waals surface area contributed by atoms with Crippen LogP contribution < -0.4 is 5.73 Å². The van der Waals surface area contributed by atoms with E-state index >= 15 is 0 Å². The summed E-state index contributed by atoms with van der Waals surface area (Å²) < 4.78 is 0. The second-order valence-corrected chi connectivity index (χ2v) is 5.39. The summed E-state index contributed by atoms with van der Waals surface area (Å²) in [6, 6.07) is 0. The third kappa shape index (κ3) is 1.63. The predicted octanol–water partition coefficient (Wildman–Crippen LogP) is 2.94. The normalized spacial score (nSPS) is 45.7. The van der Waals surface area contributed by atoms with Crippen molar-refractivity contribution in [2.24, 2.45) is 23.0 Å². The minimum absolute atomic E-state index is 0.667. The Labute approximate surface area is 82.1 Å². The smallest absolute Gasteiger partial charge is 0.00460 e. The average molecular weight is 181 g/mol. The highest BCUT2D eigenvalue weighted by Crippen LogP contribution is 2.52. The summed E-state index contributed by atoms with van der Waals surface area (Å²) in [5, 5.41) is 0. The summed E-state index contributed by atoms with van der Waals surface area (Å²) in [6.07, 6.45) is 10.1. The molecule has 0 spiro atoms. The molecule has 0 heterocycles. The van der Waals surface area contributed by atoms with Crippen LogP contribution in [0.25, 0.3) is 0 Å². The van der Waals surface area contributed by atoms with Gasteiger partial charge in [0.2, 0.25) is 0 Å². The fraction of sp³-hybridized carbons (Fsp3) is 1.00. The highest BCUT2D eigenvalue weighted by atomic mass is 14.6. The van der Waals surface area contributed by atoms with E-state index in [1.807, 2.05) is 0 Å². The highest BCUT2D eigenvalue weighted by Gasteiger charge is 2.42. The second kappa shape index (κ2) is 3.61. The maximum Gasteiger partial charge on any atom is -0.00460 e. The Bertz CT molecular complexity index is 174. The molecule has 2 saturated carbocycles. The van der Waals surface area contributed by atoms with Crippen molar-refractivity contribution in [3.05, 3.63) is 0 Å². The van der Waals surface area contributed by atoms with Gasteiger partial charge in [-0.2, -0.15) is 0 Å². The van der Waals surface area contributed by atoms with Gasteiger partial charge in [0.05, 0.1) is 0 Å². The third-order valence-corrected chi connectivity index (χ3v) is 4.60. The summed E-state index contributed by atoms with van der Waals surface area (Å²) in [4.78, 5) is 0. The van der Waals surface area contributed by atoms with Gasteiger partial charge in [-0.25, -0.2) is 0 Å². The van der Waals surface area contributed by atoms with E-state index in [0.717, 1.165) is 18.4 Å². The molecule has 2 aliphatic rings. The summed E-state index contributed by atoms with van der Waals surface area (Å²) in [6.45, 7) is 3.44. The van der Waals surface area contributed by atoms with E-state index in [2.05, 4.69) is 6.92 Å². The molecule has 2 fully saturated rings. The van der Waals surface area contributed by atoms with Crippen LogP contribution in [0, 0.1) is 17.3 Å². The molecule has 13 heavy (non-hydrogen) atoms. The summed E-state index contributed by atoms with van der Waals surface area (Å²) >= 11 is 0. The zero-order chi connectivity index (χ0) is 9.31. The Hall–Kier alpha value is -0.0400. The van der Waals surface area contributed by atoms with Crippen LogP contribution in [0.4, 0.5) is 0 Å². The Morgan fingerprint density at radius 1 is 1.15 bits per heavy atom. The van der Waals surface area contributed by atoms with Gasteiger partial charge in [0.25, 0.3) is 0 Å². The first-order chi connectivity index (χ1) is 6.26. The van der Waals surface area contributed by atoms with Crippen LogP contribution in [0.2, 0.25) is 0 Å². The predicted molar refractivity (Wildman–Crippen MR) is 56.5 cm³/mol. The van der Waals surface area contributed by atoms with E-state index in [-0.39, 0.29) is 0 Å². The quantitative estimate of drug-likeness (QED) is 0.661. The van der Waals surface area contributed by atoms with Crippen molar-refractivity contribution in [3.8, 4) is 0 Å². The number of rotatable bonds is 1. The fourth-order valence-corrected chi connectivity index (χ4v) is 3.79. The van der Waals surface area contributed by atoms with Crippen molar-refractivity contribution < 1.29 is 0 Å². The molecule has 0 amide bonds. The number of fused-ring (bicyclic) bond motifs is 1. The van der Waals surface area contributed by atoms with Gasteiger partial charge in [0, 0.05) is 0 Å². The summed E-state index contributed by atoms with van der Waals surface area (Å²) in [7, 11) is 0. The minimum Gasteiger partial charge on any atom is -0.330 e. The first kappa shape index (κ1) is 9.51. The highest BCUT2D eigenvalue weighted by molar-refractivity contribution is 4.93. The third-order valence-electron chi connectivity index (χ3n) is 4.60. The summed E-state index contributed by atoms with van der Waals surface area (Å²) in [5.41, 5.74) is 6.54. The Balaban J connectivity index is 2.11. The van der Waals surface area contributed by atoms with E-state index in [4.69, 9.17) is 5.73 Å². The van der Waals surface area contributed by atoms with E-state index in [0.29, 0.717) is 5.41 Å². The molecule has 2 N–H and O–H groups in total. The fourth-order valence-electron chi connectivity index (χ4n) is 3.79. The van der Waals surface area contributed by atoms with Crippen LogP contribution >= 0.6 is 0 Å². The topological polar surface area (TPSA) is 26.0 Å². The Morgan fingerprint density at radius 2 is 1.92 bits per heavy atom. The van der Waals surface area contributed by atoms with Crippen molar-refractivity contribution in [3.63, 3.8) is 0 Å². The van der Waals surface area contributed by atoms with Gasteiger partial charge in [-0.05, 0) is 49.5 Å². The van der Waals surface area contributed by atoms with Gasteiger partial charge in [-0.3, -0.25) is 0 Å². The molecule has 0 aromatic heterocycles. The largest absolute Gasteiger partial charge is 0.330 e. The SMILES string of the molecule is C[C@]12CCCCC1C(CN)CCC2. The first-order valence-corrected chi connectivity index (χ1v) is 5.96. The van der Waals surface area contributed by atoms with Gasteiger partial charge in [0.1, 0.15) is 0 Å². The van der Waals surface area contributed by atoms with E-state index < -0.39 is 0 Å². The van der Waals surface area contributed by atoms with E-state index in [1.165, 1.54) is 44.9 Å². The van der Waals surface area contributed by atoms with Crippen molar-refractivity contribution >= 4 is 0 Å². The van der Waals surface area contributed by atoms with Crippen LogP contribution in [0.1, 0.15) is 51.9 Å². The lowest BCUT2D eigenvalue weighted by Crippen LogP contribution is -2.42. The summed E-state index contributed by atoms with van der Waals surface area (Å²) in [5.74, 6) is 1.80. The lowest BCUT2D eigenvalue weighted by atomic mass is 9.57. The van der Waals surface area contributed by atoms with Gasteiger partial charge >= 0.3 is 0 Å². The molecule has 0 bridgehead atoms. The van der Waals surface area contributed by atoms with Crippen LogP contribution in [-0.2, 0) is 0 Å². The molecule has 2 aliphatic carbocycles. The van der Waals surface area contributed by atoms with E-state index in [9.17, 15) is 0 Å². The minimum atomic E-state index is 0.667. The van der Waals surface area contributed by atoms with Crippen molar-refractivity contribution in [2.75, 3.05) is 6.54 Å². The van der Waals surface area contributed by atoms with Gasteiger partial charge in [-0.1, -0.05) is 26.2 Å².